The summed E-state index contributed by atoms with van der Waals surface area (Å²) in [5.41, 5.74) is 3.15. The van der Waals surface area contributed by atoms with Crippen LogP contribution in [-0.4, -0.2) is 5.16 Å². The minimum atomic E-state index is 0.856. The monoisotopic (exact) mass is 243 g/mol. The molecule has 0 amide bonds. The Balaban J connectivity index is 2.03. The summed E-state index contributed by atoms with van der Waals surface area (Å²) in [4.78, 5) is 2.67. The molecule has 2 nitrogen and oxygen atoms in total. The highest BCUT2D eigenvalue weighted by molar-refractivity contribution is 7.11. The third kappa shape index (κ3) is 1.98. The SMILES string of the molecule is Cc1ccc2onc(Cc3ccc(C)s3)c2c1. The Morgan fingerprint density at radius 2 is 2.06 bits per heavy atom. The zero-order valence-electron chi connectivity index (χ0n) is 9.86. The van der Waals surface area contributed by atoms with Crippen molar-refractivity contribution in [3.05, 3.63) is 51.3 Å². The lowest BCUT2D eigenvalue weighted by Crippen LogP contribution is -1.85. The van der Waals surface area contributed by atoms with E-state index in [-0.39, 0.29) is 0 Å². The zero-order valence-corrected chi connectivity index (χ0v) is 10.7. The van der Waals surface area contributed by atoms with Crippen LogP contribution in [0.25, 0.3) is 11.0 Å². The quantitative estimate of drug-likeness (QED) is 0.677. The third-order valence-corrected chi connectivity index (χ3v) is 3.84. The Morgan fingerprint density at radius 3 is 2.82 bits per heavy atom. The van der Waals surface area contributed by atoms with Crippen LogP contribution in [0.4, 0.5) is 0 Å². The van der Waals surface area contributed by atoms with E-state index in [4.69, 9.17) is 4.52 Å². The number of rotatable bonds is 2. The highest BCUT2D eigenvalue weighted by atomic mass is 32.1. The van der Waals surface area contributed by atoms with Gasteiger partial charge in [0.05, 0.1) is 5.69 Å². The normalized spacial score (nSPS) is 11.2. The predicted octanol–water partition coefficient (Wildman–Crippen LogP) is 4.10. The molecule has 2 aromatic heterocycles. The Labute approximate surface area is 104 Å². The van der Waals surface area contributed by atoms with Gasteiger partial charge in [-0.25, -0.2) is 0 Å². The van der Waals surface area contributed by atoms with E-state index in [0.717, 1.165) is 23.1 Å². The fraction of sp³-hybridized carbons (Fsp3) is 0.214. The van der Waals surface area contributed by atoms with Crippen molar-refractivity contribution in [2.45, 2.75) is 20.3 Å². The molecule has 0 aliphatic carbocycles. The molecule has 0 saturated carbocycles. The molecule has 3 heteroatoms. The number of fused-ring (bicyclic) bond motifs is 1. The van der Waals surface area contributed by atoms with Gasteiger partial charge in [0.25, 0.3) is 0 Å². The first-order valence-electron chi connectivity index (χ1n) is 5.62. The molecular weight excluding hydrogens is 230 g/mol. The Hall–Kier alpha value is -1.61. The first-order chi connectivity index (χ1) is 8.22. The highest BCUT2D eigenvalue weighted by Gasteiger charge is 2.09. The second kappa shape index (κ2) is 4.00. The van der Waals surface area contributed by atoms with E-state index in [9.17, 15) is 0 Å². The molecule has 3 rings (SSSR count). The number of aromatic nitrogens is 1. The van der Waals surface area contributed by atoms with Crippen LogP contribution < -0.4 is 0 Å². The topological polar surface area (TPSA) is 26.0 Å². The largest absolute Gasteiger partial charge is 0.356 e. The number of benzene rings is 1. The van der Waals surface area contributed by atoms with Crippen LogP contribution in [0.15, 0.2) is 34.9 Å². The lowest BCUT2D eigenvalue weighted by molar-refractivity contribution is 0.448. The molecule has 1 aromatic carbocycles. The molecule has 3 aromatic rings. The average molecular weight is 243 g/mol. The summed E-state index contributed by atoms with van der Waals surface area (Å²) in [7, 11) is 0. The van der Waals surface area contributed by atoms with Gasteiger partial charge in [0.2, 0.25) is 0 Å². The number of hydrogen-bond donors (Lipinski definition) is 0. The lowest BCUT2D eigenvalue weighted by atomic mass is 10.1. The summed E-state index contributed by atoms with van der Waals surface area (Å²) in [6.45, 7) is 4.21. The standard InChI is InChI=1S/C14H13NOS/c1-9-3-6-14-12(7-9)13(15-16-14)8-11-5-4-10(2)17-11/h3-7H,8H2,1-2H3. The summed E-state index contributed by atoms with van der Waals surface area (Å²) < 4.78 is 5.34. The molecule has 0 unspecified atom stereocenters. The van der Waals surface area contributed by atoms with Crippen LogP contribution >= 0.6 is 11.3 Å². The van der Waals surface area contributed by atoms with Gasteiger partial charge in [0.15, 0.2) is 5.58 Å². The molecule has 86 valence electrons. The third-order valence-electron chi connectivity index (χ3n) is 2.84. The van der Waals surface area contributed by atoms with E-state index < -0.39 is 0 Å². The van der Waals surface area contributed by atoms with Gasteiger partial charge in [-0.3, -0.25) is 0 Å². The van der Waals surface area contributed by atoms with Crippen LogP contribution in [0, 0.1) is 13.8 Å². The van der Waals surface area contributed by atoms with Crippen molar-refractivity contribution in [3.63, 3.8) is 0 Å². The maximum Gasteiger partial charge on any atom is 0.167 e. The van der Waals surface area contributed by atoms with Crippen molar-refractivity contribution in [2.24, 2.45) is 0 Å². The smallest absolute Gasteiger partial charge is 0.167 e. The minimum Gasteiger partial charge on any atom is -0.356 e. The molecule has 0 aliphatic rings. The van der Waals surface area contributed by atoms with E-state index in [2.05, 4.69) is 37.2 Å². The van der Waals surface area contributed by atoms with E-state index in [1.807, 2.05) is 23.5 Å². The number of aryl methyl sites for hydroxylation is 2. The molecule has 0 bridgehead atoms. The van der Waals surface area contributed by atoms with Crippen molar-refractivity contribution in [3.8, 4) is 0 Å². The second-order valence-electron chi connectivity index (χ2n) is 4.32. The van der Waals surface area contributed by atoms with Crippen molar-refractivity contribution in [2.75, 3.05) is 0 Å². The number of hydrogen-bond acceptors (Lipinski definition) is 3. The predicted molar refractivity (Wildman–Crippen MR) is 70.6 cm³/mol. The summed E-state index contributed by atoms with van der Waals surface area (Å²) >= 11 is 1.82. The van der Waals surface area contributed by atoms with E-state index in [1.165, 1.54) is 15.3 Å². The molecule has 0 fully saturated rings. The molecule has 2 heterocycles. The van der Waals surface area contributed by atoms with Crippen LogP contribution in [0.3, 0.4) is 0 Å². The molecule has 0 N–H and O–H groups in total. The van der Waals surface area contributed by atoms with E-state index >= 15 is 0 Å². The van der Waals surface area contributed by atoms with E-state index in [1.54, 1.807) is 0 Å². The van der Waals surface area contributed by atoms with Crippen LogP contribution in [-0.2, 0) is 6.42 Å². The van der Waals surface area contributed by atoms with Gasteiger partial charge in [-0.15, -0.1) is 11.3 Å². The maximum atomic E-state index is 5.34. The van der Waals surface area contributed by atoms with Crippen LogP contribution in [0.2, 0.25) is 0 Å². The molecule has 0 radical (unpaired) electrons. The number of nitrogens with zero attached hydrogens (tertiary/aromatic N) is 1. The fourth-order valence-corrected chi connectivity index (χ4v) is 2.87. The van der Waals surface area contributed by atoms with Crippen molar-refractivity contribution in [1.29, 1.82) is 0 Å². The molecule has 17 heavy (non-hydrogen) atoms. The zero-order chi connectivity index (χ0) is 11.8. The van der Waals surface area contributed by atoms with Gasteiger partial charge < -0.3 is 4.52 Å². The average Bonchev–Trinajstić information content (AvgIpc) is 2.87. The Bertz CT molecular complexity index is 666. The minimum absolute atomic E-state index is 0.856. The Morgan fingerprint density at radius 1 is 1.18 bits per heavy atom. The summed E-state index contributed by atoms with van der Waals surface area (Å²) in [6.07, 6.45) is 0.856. The van der Waals surface area contributed by atoms with Gasteiger partial charge in [0, 0.05) is 21.6 Å². The fourth-order valence-electron chi connectivity index (χ4n) is 1.98. The summed E-state index contributed by atoms with van der Waals surface area (Å²) in [6, 6.07) is 10.5. The lowest BCUT2D eigenvalue weighted by Gasteiger charge is -1.94. The van der Waals surface area contributed by atoms with Crippen LogP contribution in [0.5, 0.6) is 0 Å². The van der Waals surface area contributed by atoms with Crippen LogP contribution in [0.1, 0.15) is 21.0 Å². The van der Waals surface area contributed by atoms with E-state index in [0.29, 0.717) is 0 Å². The summed E-state index contributed by atoms with van der Waals surface area (Å²) in [5.74, 6) is 0. The molecular formula is C14H13NOS. The van der Waals surface area contributed by atoms with Gasteiger partial charge >= 0.3 is 0 Å². The second-order valence-corrected chi connectivity index (χ2v) is 5.69. The molecule has 0 aliphatic heterocycles. The van der Waals surface area contributed by atoms with Gasteiger partial charge in [0.1, 0.15) is 0 Å². The van der Waals surface area contributed by atoms with Crippen molar-refractivity contribution < 1.29 is 4.52 Å². The van der Waals surface area contributed by atoms with Gasteiger partial charge in [-0.05, 0) is 38.1 Å². The van der Waals surface area contributed by atoms with Crippen molar-refractivity contribution in [1.82, 2.24) is 5.16 Å². The summed E-state index contributed by atoms with van der Waals surface area (Å²) in [5, 5.41) is 5.31. The van der Waals surface area contributed by atoms with Gasteiger partial charge in [-0.2, -0.15) is 0 Å². The first kappa shape index (κ1) is 10.5. The van der Waals surface area contributed by atoms with Crippen molar-refractivity contribution >= 4 is 22.3 Å². The number of thiophene rings is 1. The molecule has 0 spiro atoms. The Kier molecular flexibility index (Phi) is 2.48. The molecule has 0 atom stereocenters. The molecule has 0 saturated heterocycles. The highest BCUT2D eigenvalue weighted by Crippen LogP contribution is 2.24. The maximum absolute atomic E-state index is 5.34. The van der Waals surface area contributed by atoms with Gasteiger partial charge in [-0.1, -0.05) is 16.8 Å². The first-order valence-corrected chi connectivity index (χ1v) is 6.44.